The maximum atomic E-state index is 13.3. The van der Waals surface area contributed by atoms with E-state index < -0.39 is 5.69 Å². The smallest absolute Gasteiger partial charge is 0.331 e. The monoisotopic (exact) mass is 492 g/mol. The maximum Gasteiger partial charge on any atom is 0.331 e. The number of benzene rings is 2. The lowest BCUT2D eigenvalue weighted by Crippen LogP contribution is -2.41. The van der Waals surface area contributed by atoms with Crippen molar-refractivity contribution in [2.45, 2.75) is 66.5 Å². The number of nitrogens with zero attached hydrogens (tertiary/aromatic N) is 2. The third-order valence-electron chi connectivity index (χ3n) is 6.18. The van der Waals surface area contributed by atoms with Crippen LogP contribution < -0.4 is 21.9 Å². The summed E-state index contributed by atoms with van der Waals surface area (Å²) in [5.41, 5.74) is 2.13. The van der Waals surface area contributed by atoms with Crippen molar-refractivity contribution in [1.82, 2.24) is 14.5 Å². The Morgan fingerprint density at radius 1 is 0.944 bits per heavy atom. The van der Waals surface area contributed by atoms with Crippen LogP contribution in [0.4, 0.5) is 5.69 Å². The SMILES string of the molecule is Cc1ccc(C)c(NC(=O)Cn2c(=O)n(CCCCC(=O)NCCC(C)C)c(=O)c3ccccc32)c1. The highest BCUT2D eigenvalue weighted by molar-refractivity contribution is 5.92. The summed E-state index contributed by atoms with van der Waals surface area (Å²) >= 11 is 0. The fraction of sp³-hybridized carbons (Fsp3) is 0.429. The number of para-hydroxylation sites is 1. The molecule has 0 aliphatic heterocycles. The zero-order chi connectivity index (χ0) is 26.2. The molecule has 0 saturated heterocycles. The van der Waals surface area contributed by atoms with Crippen molar-refractivity contribution in [3.63, 3.8) is 0 Å². The molecule has 192 valence electrons. The molecule has 0 saturated carbocycles. The van der Waals surface area contributed by atoms with Crippen molar-refractivity contribution in [3.05, 3.63) is 74.4 Å². The number of hydrogen-bond acceptors (Lipinski definition) is 4. The first kappa shape index (κ1) is 26.9. The Morgan fingerprint density at radius 2 is 1.69 bits per heavy atom. The molecular weight excluding hydrogens is 456 g/mol. The summed E-state index contributed by atoms with van der Waals surface area (Å²) < 4.78 is 2.51. The first-order valence-corrected chi connectivity index (χ1v) is 12.5. The third kappa shape index (κ3) is 6.93. The minimum absolute atomic E-state index is 0.0259. The van der Waals surface area contributed by atoms with Gasteiger partial charge in [0, 0.05) is 25.2 Å². The van der Waals surface area contributed by atoms with Crippen LogP contribution in [0.2, 0.25) is 0 Å². The largest absolute Gasteiger partial charge is 0.356 e. The Morgan fingerprint density at radius 3 is 2.44 bits per heavy atom. The quantitative estimate of drug-likeness (QED) is 0.398. The van der Waals surface area contributed by atoms with Crippen LogP contribution in [0, 0.1) is 19.8 Å². The Labute approximate surface area is 211 Å². The molecule has 8 nitrogen and oxygen atoms in total. The third-order valence-corrected chi connectivity index (χ3v) is 6.18. The van der Waals surface area contributed by atoms with E-state index in [1.54, 1.807) is 24.3 Å². The van der Waals surface area contributed by atoms with E-state index in [-0.39, 0.29) is 30.5 Å². The molecule has 0 atom stereocenters. The lowest BCUT2D eigenvalue weighted by Gasteiger charge is -2.15. The van der Waals surface area contributed by atoms with Crippen molar-refractivity contribution in [2.24, 2.45) is 5.92 Å². The fourth-order valence-electron chi connectivity index (χ4n) is 4.07. The summed E-state index contributed by atoms with van der Waals surface area (Å²) in [6.45, 7) is 8.67. The molecule has 1 heterocycles. The lowest BCUT2D eigenvalue weighted by atomic mass is 10.1. The number of aromatic nitrogens is 2. The van der Waals surface area contributed by atoms with E-state index in [4.69, 9.17) is 0 Å². The molecule has 3 aromatic rings. The van der Waals surface area contributed by atoms with Gasteiger partial charge >= 0.3 is 5.69 Å². The molecule has 0 unspecified atom stereocenters. The summed E-state index contributed by atoms with van der Waals surface area (Å²) in [5, 5.41) is 6.16. The van der Waals surface area contributed by atoms with E-state index in [1.165, 1.54) is 9.13 Å². The molecule has 2 amide bonds. The van der Waals surface area contributed by atoms with Gasteiger partial charge in [-0.25, -0.2) is 4.79 Å². The molecule has 0 bridgehead atoms. The van der Waals surface area contributed by atoms with Gasteiger partial charge in [0.2, 0.25) is 11.8 Å². The number of aryl methyl sites for hydroxylation is 2. The number of rotatable bonds is 11. The standard InChI is InChI=1S/C28H36N4O4/c1-19(2)14-15-29-25(33)11-7-8-16-31-27(35)22-9-5-6-10-24(22)32(28(31)36)18-26(34)30-23-17-20(3)12-13-21(23)4/h5-6,9-10,12-13,17,19H,7-8,11,14-16,18H2,1-4H3,(H,29,33)(H,30,34). The second-order valence-electron chi connectivity index (χ2n) is 9.70. The van der Waals surface area contributed by atoms with Crippen molar-refractivity contribution >= 4 is 28.4 Å². The van der Waals surface area contributed by atoms with Gasteiger partial charge in [-0.15, -0.1) is 0 Å². The molecule has 0 spiro atoms. The summed E-state index contributed by atoms with van der Waals surface area (Å²) in [6, 6.07) is 12.6. The summed E-state index contributed by atoms with van der Waals surface area (Å²) in [6.07, 6.45) is 2.32. The van der Waals surface area contributed by atoms with Gasteiger partial charge in [0.25, 0.3) is 5.56 Å². The van der Waals surface area contributed by atoms with Gasteiger partial charge in [-0.2, -0.15) is 0 Å². The van der Waals surface area contributed by atoms with Gasteiger partial charge in [0.05, 0.1) is 10.9 Å². The van der Waals surface area contributed by atoms with Gasteiger partial charge in [-0.3, -0.25) is 23.5 Å². The first-order chi connectivity index (χ1) is 17.2. The predicted octanol–water partition coefficient (Wildman–Crippen LogP) is 3.75. The highest BCUT2D eigenvalue weighted by Gasteiger charge is 2.16. The molecule has 36 heavy (non-hydrogen) atoms. The number of amides is 2. The molecule has 2 N–H and O–H groups in total. The second-order valence-corrected chi connectivity index (χ2v) is 9.70. The minimum atomic E-state index is -0.531. The Kier molecular flexibility index (Phi) is 9.22. The molecule has 3 rings (SSSR count). The van der Waals surface area contributed by atoms with Crippen LogP contribution in [0.5, 0.6) is 0 Å². The zero-order valence-corrected chi connectivity index (χ0v) is 21.6. The lowest BCUT2D eigenvalue weighted by molar-refractivity contribution is -0.121. The van der Waals surface area contributed by atoms with E-state index >= 15 is 0 Å². The molecule has 0 aliphatic rings. The zero-order valence-electron chi connectivity index (χ0n) is 21.6. The van der Waals surface area contributed by atoms with E-state index in [2.05, 4.69) is 24.5 Å². The van der Waals surface area contributed by atoms with Crippen LogP contribution in [0.3, 0.4) is 0 Å². The van der Waals surface area contributed by atoms with Gasteiger partial charge < -0.3 is 10.6 Å². The molecule has 0 radical (unpaired) electrons. The number of anilines is 1. The number of unbranched alkanes of at least 4 members (excludes halogenated alkanes) is 1. The molecule has 2 aromatic carbocycles. The number of carbonyl (C=O) groups is 2. The summed E-state index contributed by atoms with van der Waals surface area (Å²) in [7, 11) is 0. The van der Waals surface area contributed by atoms with Crippen LogP contribution >= 0.6 is 0 Å². The van der Waals surface area contributed by atoms with Crippen LogP contribution in [0.15, 0.2) is 52.1 Å². The summed E-state index contributed by atoms with van der Waals surface area (Å²) in [4.78, 5) is 51.3. The average molecular weight is 493 g/mol. The topological polar surface area (TPSA) is 102 Å². The van der Waals surface area contributed by atoms with Crippen LogP contribution in [-0.4, -0.2) is 27.5 Å². The van der Waals surface area contributed by atoms with E-state index in [9.17, 15) is 19.2 Å². The predicted molar refractivity (Wildman–Crippen MR) is 143 cm³/mol. The molecule has 8 heteroatoms. The number of fused-ring (bicyclic) bond motifs is 1. The maximum absolute atomic E-state index is 13.3. The fourth-order valence-corrected chi connectivity index (χ4v) is 4.07. The van der Waals surface area contributed by atoms with Crippen LogP contribution in [0.25, 0.3) is 10.9 Å². The van der Waals surface area contributed by atoms with Gasteiger partial charge in [0.15, 0.2) is 0 Å². The van der Waals surface area contributed by atoms with E-state index in [0.717, 1.165) is 17.5 Å². The van der Waals surface area contributed by atoms with Crippen molar-refractivity contribution in [2.75, 3.05) is 11.9 Å². The number of carbonyl (C=O) groups excluding carboxylic acids is 2. The molecule has 1 aromatic heterocycles. The second kappa shape index (κ2) is 12.3. The average Bonchev–Trinajstić information content (AvgIpc) is 2.83. The van der Waals surface area contributed by atoms with Crippen LogP contribution in [-0.2, 0) is 22.7 Å². The van der Waals surface area contributed by atoms with E-state index in [0.29, 0.717) is 48.3 Å². The normalized spacial score (nSPS) is 11.1. The van der Waals surface area contributed by atoms with Gasteiger partial charge in [0.1, 0.15) is 6.54 Å². The minimum Gasteiger partial charge on any atom is -0.356 e. The Hall–Kier alpha value is -3.68. The van der Waals surface area contributed by atoms with Gasteiger partial charge in [-0.05, 0) is 68.4 Å². The van der Waals surface area contributed by atoms with Gasteiger partial charge in [-0.1, -0.05) is 38.1 Å². The number of nitrogens with one attached hydrogen (secondary N) is 2. The van der Waals surface area contributed by atoms with E-state index in [1.807, 2.05) is 32.0 Å². The molecule has 0 aliphatic carbocycles. The highest BCUT2D eigenvalue weighted by atomic mass is 16.2. The van der Waals surface area contributed by atoms with Crippen molar-refractivity contribution < 1.29 is 9.59 Å². The van der Waals surface area contributed by atoms with Crippen molar-refractivity contribution in [1.29, 1.82) is 0 Å². The van der Waals surface area contributed by atoms with Crippen molar-refractivity contribution in [3.8, 4) is 0 Å². The van der Waals surface area contributed by atoms with Crippen LogP contribution in [0.1, 0.15) is 50.7 Å². The summed E-state index contributed by atoms with van der Waals surface area (Å²) in [5.74, 6) is 0.149. The molecule has 0 fully saturated rings. The number of hydrogen-bond donors (Lipinski definition) is 2. The first-order valence-electron chi connectivity index (χ1n) is 12.5. The Bertz CT molecular complexity index is 1350. The Balaban J connectivity index is 1.75. The highest BCUT2D eigenvalue weighted by Crippen LogP contribution is 2.16. The molecular formula is C28H36N4O4.